The quantitative estimate of drug-likeness (QED) is 0.865. The van der Waals surface area contributed by atoms with Gasteiger partial charge in [0.25, 0.3) is 0 Å². The topological polar surface area (TPSA) is 34.2 Å². The lowest BCUT2D eigenvalue weighted by Gasteiger charge is -2.19. The molecule has 5 heteroatoms. The van der Waals surface area contributed by atoms with Gasteiger partial charge in [-0.25, -0.2) is 9.37 Å². The molecular weight excluding hydrogens is 287 g/mol. The van der Waals surface area contributed by atoms with Crippen LogP contribution < -0.4 is 10.1 Å². The van der Waals surface area contributed by atoms with Crippen molar-refractivity contribution in [3.8, 4) is 5.75 Å². The minimum atomic E-state index is -0.339. The summed E-state index contributed by atoms with van der Waals surface area (Å²) in [5, 5.41) is 4.57. The fourth-order valence-corrected chi connectivity index (χ4v) is 3.04. The monoisotopic (exact) mass is 308 g/mol. The average Bonchev–Trinajstić information content (AvgIpc) is 2.96. The first kappa shape index (κ1) is 15.9. The van der Waals surface area contributed by atoms with Crippen LogP contribution in [0.5, 0.6) is 5.75 Å². The summed E-state index contributed by atoms with van der Waals surface area (Å²) in [7, 11) is 1.48. The molecule has 1 heterocycles. The number of hydrogen-bond acceptors (Lipinski definition) is 4. The Labute approximate surface area is 129 Å². The van der Waals surface area contributed by atoms with Crippen molar-refractivity contribution in [3.05, 3.63) is 45.7 Å². The van der Waals surface area contributed by atoms with Crippen LogP contribution in [0.4, 0.5) is 4.39 Å². The first-order valence-corrected chi connectivity index (χ1v) is 7.90. The van der Waals surface area contributed by atoms with E-state index in [1.807, 2.05) is 6.20 Å². The van der Waals surface area contributed by atoms with E-state index in [0.29, 0.717) is 0 Å². The zero-order chi connectivity index (χ0) is 15.4. The smallest absolute Gasteiger partial charge is 0.165 e. The number of ether oxygens (including phenoxy) is 1. The van der Waals surface area contributed by atoms with Crippen molar-refractivity contribution in [2.45, 2.75) is 39.3 Å². The summed E-state index contributed by atoms with van der Waals surface area (Å²) in [6.07, 6.45) is 2.94. The van der Waals surface area contributed by atoms with E-state index in [2.05, 4.69) is 31.1 Å². The van der Waals surface area contributed by atoms with Gasteiger partial charge in [-0.1, -0.05) is 13.0 Å². The third kappa shape index (κ3) is 3.80. The number of rotatable bonds is 6. The highest BCUT2D eigenvalue weighted by atomic mass is 32.1. The van der Waals surface area contributed by atoms with Gasteiger partial charge in [-0.15, -0.1) is 11.3 Å². The van der Waals surface area contributed by atoms with Gasteiger partial charge in [-0.3, -0.25) is 0 Å². The molecule has 3 nitrogen and oxygen atoms in total. The number of thiazole rings is 1. The fraction of sp³-hybridized carbons (Fsp3) is 0.438. The summed E-state index contributed by atoms with van der Waals surface area (Å²) < 4.78 is 18.5. The predicted molar refractivity (Wildman–Crippen MR) is 84.4 cm³/mol. The second kappa shape index (κ2) is 7.00. The van der Waals surface area contributed by atoms with E-state index in [-0.39, 0.29) is 23.7 Å². The first-order chi connectivity index (χ1) is 10.0. The van der Waals surface area contributed by atoms with Crippen LogP contribution in [0.2, 0.25) is 0 Å². The molecule has 2 atom stereocenters. The number of aromatic nitrogens is 1. The average molecular weight is 308 g/mol. The molecular formula is C16H21FN2OS. The lowest BCUT2D eigenvalue weighted by atomic mass is 10.1. The van der Waals surface area contributed by atoms with Crippen molar-refractivity contribution in [2.75, 3.05) is 7.11 Å². The molecule has 2 rings (SSSR count). The molecule has 0 spiro atoms. The van der Waals surface area contributed by atoms with Gasteiger partial charge < -0.3 is 10.1 Å². The van der Waals surface area contributed by atoms with E-state index >= 15 is 0 Å². The summed E-state index contributed by atoms with van der Waals surface area (Å²) in [6.45, 7) is 6.27. The standard InChI is InChI=1S/C16H21FN2OS/c1-5-13-9-18-16(21-13)11(3)19-10(2)12-6-7-14(17)15(8-12)20-4/h6-11,19H,5H2,1-4H3. The zero-order valence-electron chi connectivity index (χ0n) is 12.8. The molecule has 0 bridgehead atoms. The molecule has 1 aromatic carbocycles. The maximum absolute atomic E-state index is 13.4. The summed E-state index contributed by atoms with van der Waals surface area (Å²) in [5.74, 6) is -0.0645. The molecule has 2 unspecified atom stereocenters. The van der Waals surface area contributed by atoms with Crippen molar-refractivity contribution in [2.24, 2.45) is 0 Å². The molecule has 0 aliphatic rings. The summed E-state index contributed by atoms with van der Waals surface area (Å²) in [4.78, 5) is 5.74. The molecule has 0 saturated heterocycles. The Bertz CT molecular complexity index is 600. The summed E-state index contributed by atoms with van der Waals surface area (Å²) >= 11 is 1.73. The van der Waals surface area contributed by atoms with Gasteiger partial charge in [-0.05, 0) is 38.0 Å². The molecule has 2 aromatic rings. The molecule has 0 aliphatic heterocycles. The Kier molecular flexibility index (Phi) is 5.31. The maximum atomic E-state index is 13.4. The normalized spacial score (nSPS) is 14.0. The maximum Gasteiger partial charge on any atom is 0.165 e. The van der Waals surface area contributed by atoms with Gasteiger partial charge in [0.2, 0.25) is 0 Å². The largest absolute Gasteiger partial charge is 0.494 e. The van der Waals surface area contributed by atoms with Crippen LogP contribution in [0.15, 0.2) is 24.4 Å². The van der Waals surface area contributed by atoms with Gasteiger partial charge in [0, 0.05) is 17.1 Å². The molecule has 0 amide bonds. The molecule has 114 valence electrons. The molecule has 0 radical (unpaired) electrons. The van der Waals surface area contributed by atoms with Gasteiger partial charge in [-0.2, -0.15) is 0 Å². The number of halogens is 1. The van der Waals surface area contributed by atoms with Crippen molar-refractivity contribution < 1.29 is 9.13 Å². The van der Waals surface area contributed by atoms with Crippen LogP contribution >= 0.6 is 11.3 Å². The van der Waals surface area contributed by atoms with E-state index in [1.54, 1.807) is 23.5 Å². The first-order valence-electron chi connectivity index (χ1n) is 7.09. The van der Waals surface area contributed by atoms with E-state index < -0.39 is 0 Å². The minimum Gasteiger partial charge on any atom is -0.494 e. The Morgan fingerprint density at radius 1 is 1.33 bits per heavy atom. The Morgan fingerprint density at radius 3 is 2.71 bits per heavy atom. The number of aryl methyl sites for hydroxylation is 1. The van der Waals surface area contributed by atoms with Crippen LogP contribution in [0.3, 0.4) is 0 Å². The Balaban J connectivity index is 2.08. The third-order valence-corrected chi connectivity index (χ3v) is 4.79. The van der Waals surface area contributed by atoms with Crippen molar-refractivity contribution in [3.63, 3.8) is 0 Å². The fourth-order valence-electron chi connectivity index (χ4n) is 2.17. The highest BCUT2D eigenvalue weighted by Crippen LogP contribution is 2.26. The second-order valence-corrected chi connectivity index (χ2v) is 6.17. The van der Waals surface area contributed by atoms with Gasteiger partial charge in [0.15, 0.2) is 11.6 Å². The number of nitrogens with zero attached hydrogens (tertiary/aromatic N) is 1. The predicted octanol–water partition coefficient (Wildman–Crippen LogP) is 4.27. The minimum absolute atomic E-state index is 0.0866. The molecule has 0 aliphatic carbocycles. The highest BCUT2D eigenvalue weighted by molar-refractivity contribution is 7.11. The molecule has 0 fully saturated rings. The SMILES string of the molecule is CCc1cnc(C(C)NC(C)c2ccc(F)c(OC)c2)s1. The van der Waals surface area contributed by atoms with Crippen LogP contribution in [0.1, 0.15) is 48.3 Å². The van der Waals surface area contributed by atoms with E-state index in [9.17, 15) is 4.39 Å². The van der Waals surface area contributed by atoms with Gasteiger partial charge in [0.1, 0.15) is 5.01 Å². The van der Waals surface area contributed by atoms with E-state index in [0.717, 1.165) is 17.0 Å². The van der Waals surface area contributed by atoms with Crippen LogP contribution in [0.25, 0.3) is 0 Å². The Hall–Kier alpha value is -1.46. The number of methoxy groups -OCH3 is 1. The molecule has 1 N–H and O–H groups in total. The molecule has 0 saturated carbocycles. The van der Waals surface area contributed by atoms with Gasteiger partial charge in [0.05, 0.1) is 13.2 Å². The van der Waals surface area contributed by atoms with Crippen LogP contribution in [-0.2, 0) is 6.42 Å². The summed E-state index contributed by atoms with van der Waals surface area (Å²) in [5.41, 5.74) is 0.993. The van der Waals surface area contributed by atoms with Crippen LogP contribution in [0, 0.1) is 5.82 Å². The lowest BCUT2D eigenvalue weighted by Crippen LogP contribution is -2.22. The summed E-state index contributed by atoms with van der Waals surface area (Å²) in [6, 6.07) is 5.20. The highest BCUT2D eigenvalue weighted by Gasteiger charge is 2.15. The van der Waals surface area contributed by atoms with Crippen LogP contribution in [-0.4, -0.2) is 12.1 Å². The van der Waals surface area contributed by atoms with E-state index in [1.165, 1.54) is 18.1 Å². The molecule has 21 heavy (non-hydrogen) atoms. The number of hydrogen-bond donors (Lipinski definition) is 1. The second-order valence-electron chi connectivity index (χ2n) is 5.02. The Morgan fingerprint density at radius 2 is 2.10 bits per heavy atom. The van der Waals surface area contributed by atoms with Crippen molar-refractivity contribution >= 4 is 11.3 Å². The lowest BCUT2D eigenvalue weighted by molar-refractivity contribution is 0.384. The zero-order valence-corrected chi connectivity index (χ0v) is 13.6. The van der Waals surface area contributed by atoms with Crippen molar-refractivity contribution in [1.29, 1.82) is 0 Å². The molecule has 1 aromatic heterocycles. The third-order valence-electron chi connectivity index (χ3n) is 3.47. The van der Waals surface area contributed by atoms with E-state index in [4.69, 9.17) is 4.74 Å². The van der Waals surface area contributed by atoms with Crippen molar-refractivity contribution in [1.82, 2.24) is 10.3 Å². The number of nitrogens with one attached hydrogen (secondary N) is 1. The van der Waals surface area contributed by atoms with Gasteiger partial charge >= 0.3 is 0 Å². The number of benzene rings is 1.